The molecule has 0 heterocycles. The second-order valence-corrected chi connectivity index (χ2v) is 6.68. The Kier molecular flexibility index (Phi) is 6.07. The van der Waals surface area contributed by atoms with Gasteiger partial charge in [0.1, 0.15) is 0 Å². The van der Waals surface area contributed by atoms with Crippen molar-refractivity contribution in [2.75, 3.05) is 12.4 Å². The van der Waals surface area contributed by atoms with Crippen molar-refractivity contribution in [2.45, 2.75) is 46.6 Å². The molecule has 2 rings (SSSR count). The molecular formula is C21H27NO3. The van der Waals surface area contributed by atoms with E-state index in [0.29, 0.717) is 23.0 Å². The van der Waals surface area contributed by atoms with Crippen molar-refractivity contribution in [1.29, 1.82) is 0 Å². The third kappa shape index (κ3) is 4.53. The Bertz CT molecular complexity index is 751. The summed E-state index contributed by atoms with van der Waals surface area (Å²) in [7, 11) is 1.57. The summed E-state index contributed by atoms with van der Waals surface area (Å²) < 4.78 is 11.1. The molecule has 134 valence electrons. The number of para-hydroxylation sites is 1. The minimum absolute atomic E-state index is 0.0362. The highest BCUT2D eigenvalue weighted by Gasteiger charge is 2.16. The Hall–Kier alpha value is -2.49. The van der Waals surface area contributed by atoms with Gasteiger partial charge in [0.2, 0.25) is 0 Å². The van der Waals surface area contributed by atoms with Crippen LogP contribution in [0, 0.1) is 6.92 Å². The van der Waals surface area contributed by atoms with Crippen LogP contribution in [-0.2, 0) is 0 Å². The monoisotopic (exact) mass is 341 g/mol. The fourth-order valence-corrected chi connectivity index (χ4v) is 2.69. The molecule has 2 aromatic rings. The van der Waals surface area contributed by atoms with E-state index >= 15 is 0 Å². The summed E-state index contributed by atoms with van der Waals surface area (Å²) in [4.78, 5) is 12.7. The number of carbonyl (C=O) groups is 1. The van der Waals surface area contributed by atoms with Gasteiger partial charge in [-0.3, -0.25) is 4.79 Å². The molecule has 0 aromatic heterocycles. The van der Waals surface area contributed by atoms with Crippen LogP contribution < -0.4 is 14.8 Å². The Morgan fingerprint density at radius 2 is 1.76 bits per heavy atom. The molecular weight excluding hydrogens is 314 g/mol. The molecule has 0 unspecified atom stereocenters. The molecule has 0 radical (unpaired) electrons. The summed E-state index contributed by atoms with van der Waals surface area (Å²) in [6.07, 6.45) is 0.0362. The number of methoxy groups -OCH3 is 1. The van der Waals surface area contributed by atoms with Crippen LogP contribution in [0.3, 0.4) is 0 Å². The molecule has 1 N–H and O–H groups in total. The van der Waals surface area contributed by atoms with Crippen LogP contribution in [-0.4, -0.2) is 19.1 Å². The molecule has 25 heavy (non-hydrogen) atoms. The van der Waals surface area contributed by atoms with Gasteiger partial charge in [-0.2, -0.15) is 0 Å². The first-order valence-electron chi connectivity index (χ1n) is 8.59. The third-order valence-electron chi connectivity index (χ3n) is 3.95. The number of ether oxygens (including phenoxy) is 2. The summed E-state index contributed by atoms with van der Waals surface area (Å²) in [5, 5.41) is 3.05. The summed E-state index contributed by atoms with van der Waals surface area (Å²) in [5.74, 6) is 1.35. The van der Waals surface area contributed by atoms with Crippen molar-refractivity contribution in [3.8, 4) is 11.5 Å². The number of anilines is 1. The second-order valence-electron chi connectivity index (χ2n) is 6.68. The first kappa shape index (κ1) is 18.8. The van der Waals surface area contributed by atoms with Gasteiger partial charge in [-0.15, -0.1) is 0 Å². The normalized spacial score (nSPS) is 10.9. The van der Waals surface area contributed by atoms with Crippen LogP contribution in [0.2, 0.25) is 0 Å². The standard InChI is InChI=1S/C21H27NO3/c1-13(2)17-9-7-8-15(5)20(17)22-21(23)16-10-11-18(25-14(3)4)19(12-16)24-6/h7-14H,1-6H3,(H,22,23). The Balaban J connectivity index is 2.30. The zero-order valence-corrected chi connectivity index (χ0v) is 15.8. The zero-order valence-electron chi connectivity index (χ0n) is 15.8. The van der Waals surface area contributed by atoms with Crippen molar-refractivity contribution in [2.24, 2.45) is 0 Å². The number of hydrogen-bond donors (Lipinski definition) is 1. The number of hydrogen-bond acceptors (Lipinski definition) is 3. The topological polar surface area (TPSA) is 47.6 Å². The predicted molar refractivity (Wildman–Crippen MR) is 102 cm³/mol. The van der Waals surface area contributed by atoms with Crippen LogP contribution in [0.4, 0.5) is 5.69 Å². The number of aryl methyl sites for hydroxylation is 1. The molecule has 0 saturated heterocycles. The maximum absolute atomic E-state index is 12.7. The highest BCUT2D eigenvalue weighted by molar-refractivity contribution is 6.05. The number of rotatable bonds is 6. The van der Waals surface area contributed by atoms with Gasteiger partial charge in [0, 0.05) is 11.3 Å². The fraction of sp³-hybridized carbons (Fsp3) is 0.381. The third-order valence-corrected chi connectivity index (χ3v) is 3.95. The molecule has 2 aromatic carbocycles. The zero-order chi connectivity index (χ0) is 18.6. The van der Waals surface area contributed by atoms with Gasteiger partial charge < -0.3 is 14.8 Å². The average molecular weight is 341 g/mol. The molecule has 0 aliphatic rings. The lowest BCUT2D eigenvalue weighted by molar-refractivity contribution is 0.102. The molecule has 1 amide bonds. The van der Waals surface area contributed by atoms with E-state index in [9.17, 15) is 4.79 Å². The number of amides is 1. The first-order chi connectivity index (χ1) is 11.8. The molecule has 0 aliphatic heterocycles. The van der Waals surface area contributed by atoms with Gasteiger partial charge in [0.05, 0.1) is 13.2 Å². The van der Waals surface area contributed by atoms with E-state index < -0.39 is 0 Å². The lowest BCUT2D eigenvalue weighted by Crippen LogP contribution is -2.15. The Labute approximate surface area is 150 Å². The van der Waals surface area contributed by atoms with E-state index in [1.54, 1.807) is 25.3 Å². The van der Waals surface area contributed by atoms with E-state index in [-0.39, 0.29) is 12.0 Å². The smallest absolute Gasteiger partial charge is 0.255 e. The van der Waals surface area contributed by atoms with Gasteiger partial charge in [-0.1, -0.05) is 32.0 Å². The highest BCUT2D eigenvalue weighted by Crippen LogP contribution is 2.31. The van der Waals surface area contributed by atoms with Crippen LogP contribution in [0.1, 0.15) is 55.1 Å². The largest absolute Gasteiger partial charge is 0.493 e. The van der Waals surface area contributed by atoms with Crippen molar-refractivity contribution in [1.82, 2.24) is 0 Å². The summed E-state index contributed by atoms with van der Waals surface area (Å²) in [6, 6.07) is 11.3. The predicted octanol–water partition coefficient (Wildman–Crippen LogP) is 5.17. The molecule has 0 saturated carbocycles. The minimum Gasteiger partial charge on any atom is -0.493 e. The van der Waals surface area contributed by atoms with Gasteiger partial charge in [-0.05, 0) is 56.0 Å². The van der Waals surface area contributed by atoms with E-state index in [1.165, 1.54) is 0 Å². The van der Waals surface area contributed by atoms with Crippen LogP contribution in [0.5, 0.6) is 11.5 Å². The van der Waals surface area contributed by atoms with Crippen LogP contribution in [0.25, 0.3) is 0 Å². The van der Waals surface area contributed by atoms with Crippen LogP contribution in [0.15, 0.2) is 36.4 Å². The lowest BCUT2D eigenvalue weighted by Gasteiger charge is -2.17. The summed E-state index contributed by atoms with van der Waals surface area (Å²) in [5.41, 5.74) is 3.58. The summed E-state index contributed by atoms with van der Waals surface area (Å²) >= 11 is 0. The van der Waals surface area contributed by atoms with E-state index in [1.807, 2.05) is 39.0 Å². The van der Waals surface area contributed by atoms with Crippen molar-refractivity contribution >= 4 is 11.6 Å². The Morgan fingerprint density at radius 3 is 2.36 bits per heavy atom. The van der Waals surface area contributed by atoms with Crippen molar-refractivity contribution in [3.63, 3.8) is 0 Å². The van der Waals surface area contributed by atoms with Crippen molar-refractivity contribution < 1.29 is 14.3 Å². The molecule has 4 heteroatoms. The van der Waals surface area contributed by atoms with Crippen molar-refractivity contribution in [3.05, 3.63) is 53.1 Å². The van der Waals surface area contributed by atoms with E-state index in [0.717, 1.165) is 16.8 Å². The molecule has 0 spiro atoms. The van der Waals surface area contributed by atoms with E-state index in [4.69, 9.17) is 9.47 Å². The Morgan fingerprint density at radius 1 is 1.04 bits per heavy atom. The van der Waals surface area contributed by atoms with Crippen LogP contribution >= 0.6 is 0 Å². The number of carbonyl (C=O) groups excluding carboxylic acids is 1. The molecule has 4 nitrogen and oxygen atoms in total. The first-order valence-corrected chi connectivity index (χ1v) is 8.59. The maximum atomic E-state index is 12.7. The highest BCUT2D eigenvalue weighted by atomic mass is 16.5. The fourth-order valence-electron chi connectivity index (χ4n) is 2.69. The lowest BCUT2D eigenvalue weighted by atomic mass is 9.98. The van der Waals surface area contributed by atoms with Gasteiger partial charge in [0.25, 0.3) is 5.91 Å². The molecule has 0 fully saturated rings. The quantitative estimate of drug-likeness (QED) is 0.789. The molecule has 0 bridgehead atoms. The maximum Gasteiger partial charge on any atom is 0.255 e. The molecule has 0 aliphatic carbocycles. The summed E-state index contributed by atoms with van der Waals surface area (Å²) in [6.45, 7) is 10.1. The van der Waals surface area contributed by atoms with E-state index in [2.05, 4.69) is 19.2 Å². The van der Waals surface area contributed by atoms with Gasteiger partial charge in [-0.25, -0.2) is 0 Å². The average Bonchev–Trinajstić information content (AvgIpc) is 2.56. The SMILES string of the molecule is COc1cc(C(=O)Nc2c(C)cccc2C(C)C)ccc1OC(C)C. The minimum atomic E-state index is -0.161. The van der Waals surface area contributed by atoms with Gasteiger partial charge in [0.15, 0.2) is 11.5 Å². The second kappa shape index (κ2) is 8.06. The van der Waals surface area contributed by atoms with Gasteiger partial charge >= 0.3 is 0 Å². The number of benzene rings is 2. The number of nitrogens with one attached hydrogen (secondary N) is 1. The molecule has 0 atom stereocenters.